The molecule has 0 bridgehead atoms. The van der Waals surface area contributed by atoms with Crippen molar-refractivity contribution in [1.29, 1.82) is 0 Å². The van der Waals surface area contributed by atoms with Crippen molar-refractivity contribution in [2.45, 2.75) is 26.8 Å². The van der Waals surface area contributed by atoms with E-state index in [-0.39, 0.29) is 0 Å². The van der Waals surface area contributed by atoms with Crippen LogP contribution < -0.4 is 5.73 Å². The number of aryl methyl sites for hydroxylation is 1. The second-order valence-electron chi connectivity index (χ2n) is 5.67. The van der Waals surface area contributed by atoms with E-state index in [4.69, 9.17) is 10.2 Å². The number of fused-ring (bicyclic) bond motifs is 1. The summed E-state index contributed by atoms with van der Waals surface area (Å²) in [5.41, 5.74) is 8.28. The molecule has 5 heteroatoms. The zero-order chi connectivity index (χ0) is 15.0. The van der Waals surface area contributed by atoms with Gasteiger partial charge in [-0.1, -0.05) is 29.8 Å². The van der Waals surface area contributed by atoms with Crippen LogP contribution in [0.25, 0.3) is 22.4 Å². The molecule has 2 heterocycles. The van der Waals surface area contributed by atoms with Crippen LogP contribution in [0, 0.1) is 5.92 Å². The molecule has 0 atom stereocenters. The minimum absolute atomic E-state index is 0.641. The number of nitrogen functional groups attached to an aromatic ring is 1. The third kappa shape index (κ3) is 2.97. The lowest BCUT2D eigenvalue weighted by Crippen LogP contribution is -2.01. The Hall–Kier alpha value is -1.75. The minimum Gasteiger partial charge on any atom is -0.454 e. The third-order valence-corrected chi connectivity index (χ3v) is 3.93. The molecule has 0 saturated carbocycles. The Kier molecular flexibility index (Phi) is 3.76. The summed E-state index contributed by atoms with van der Waals surface area (Å²) in [5, 5.41) is 5.59. The quantitative estimate of drug-likeness (QED) is 0.744. The van der Waals surface area contributed by atoms with Gasteiger partial charge in [0.05, 0.1) is 5.69 Å². The van der Waals surface area contributed by atoms with Crippen LogP contribution in [0.5, 0.6) is 0 Å². The van der Waals surface area contributed by atoms with Gasteiger partial charge in [0.2, 0.25) is 0 Å². The fourth-order valence-electron chi connectivity index (χ4n) is 2.26. The van der Waals surface area contributed by atoms with Crippen molar-refractivity contribution in [1.82, 2.24) is 9.78 Å². The molecule has 4 nitrogen and oxygen atoms in total. The molecule has 2 aromatic heterocycles. The molecule has 0 amide bonds. The number of benzene rings is 1. The number of aromatic nitrogens is 2. The Bertz CT molecular complexity index is 773. The van der Waals surface area contributed by atoms with Crippen LogP contribution in [0.2, 0.25) is 0 Å². The maximum atomic E-state index is 6.08. The van der Waals surface area contributed by atoms with Gasteiger partial charge in [0.25, 0.3) is 0 Å². The van der Waals surface area contributed by atoms with E-state index >= 15 is 0 Å². The lowest BCUT2D eigenvalue weighted by Gasteiger charge is -2.03. The van der Waals surface area contributed by atoms with Gasteiger partial charge in [-0.2, -0.15) is 5.10 Å². The van der Waals surface area contributed by atoms with E-state index in [0.717, 1.165) is 28.4 Å². The molecule has 110 valence electrons. The Balaban J connectivity index is 1.94. The number of anilines is 1. The predicted octanol–water partition coefficient (Wildman–Crippen LogP) is 4.69. The second-order valence-corrected chi connectivity index (χ2v) is 6.59. The summed E-state index contributed by atoms with van der Waals surface area (Å²) < 4.78 is 8.77. The van der Waals surface area contributed by atoms with Crippen LogP contribution in [-0.4, -0.2) is 9.78 Å². The molecule has 3 rings (SSSR count). The van der Waals surface area contributed by atoms with E-state index in [9.17, 15) is 0 Å². The molecule has 21 heavy (non-hydrogen) atoms. The number of hydrogen-bond acceptors (Lipinski definition) is 3. The van der Waals surface area contributed by atoms with Gasteiger partial charge in [0, 0.05) is 22.6 Å². The molecule has 1 aromatic carbocycles. The predicted molar refractivity (Wildman–Crippen MR) is 89.0 cm³/mol. The first-order valence-electron chi connectivity index (χ1n) is 7.05. The molecule has 0 aliphatic rings. The van der Waals surface area contributed by atoms with Gasteiger partial charge in [-0.3, -0.25) is 4.68 Å². The molecule has 3 aromatic rings. The van der Waals surface area contributed by atoms with Crippen molar-refractivity contribution in [3.63, 3.8) is 0 Å². The summed E-state index contributed by atoms with van der Waals surface area (Å²) >= 11 is 3.46. The van der Waals surface area contributed by atoms with Gasteiger partial charge in [-0.15, -0.1) is 0 Å². The number of rotatable bonds is 4. The Morgan fingerprint density at radius 3 is 2.90 bits per heavy atom. The average Bonchev–Trinajstić information content (AvgIpc) is 2.99. The first-order chi connectivity index (χ1) is 10.0. The minimum atomic E-state index is 0.641. The van der Waals surface area contributed by atoms with Gasteiger partial charge < -0.3 is 10.2 Å². The van der Waals surface area contributed by atoms with Crippen molar-refractivity contribution < 1.29 is 4.42 Å². The molecule has 2 N–H and O–H groups in total. The summed E-state index contributed by atoms with van der Waals surface area (Å²) in [6, 6.07) is 7.90. The highest BCUT2D eigenvalue weighted by atomic mass is 79.9. The van der Waals surface area contributed by atoms with Crippen LogP contribution in [0.1, 0.15) is 20.3 Å². The van der Waals surface area contributed by atoms with Gasteiger partial charge in [0.15, 0.2) is 11.5 Å². The Morgan fingerprint density at radius 2 is 2.14 bits per heavy atom. The standard InChI is InChI=1S/C16H18BrN3O/c1-10(2)5-6-20-9-13(18)16(19-20)15-8-11-7-12(17)3-4-14(11)21-15/h3-4,7-10H,5-6,18H2,1-2H3. The zero-order valence-electron chi connectivity index (χ0n) is 12.1. The molecular weight excluding hydrogens is 330 g/mol. The van der Waals surface area contributed by atoms with Gasteiger partial charge in [-0.25, -0.2) is 0 Å². The number of halogens is 1. The van der Waals surface area contributed by atoms with Crippen molar-refractivity contribution in [3.05, 3.63) is 34.9 Å². The Labute approximate surface area is 132 Å². The first kappa shape index (κ1) is 14.2. The molecule has 0 aliphatic heterocycles. The summed E-state index contributed by atoms with van der Waals surface area (Å²) in [6.45, 7) is 5.27. The monoisotopic (exact) mass is 347 g/mol. The van der Waals surface area contributed by atoms with Gasteiger partial charge in [-0.05, 0) is 36.6 Å². The molecule has 0 aliphatic carbocycles. The lowest BCUT2D eigenvalue weighted by atomic mass is 10.1. The van der Waals surface area contributed by atoms with E-state index in [1.807, 2.05) is 35.1 Å². The fraction of sp³-hybridized carbons (Fsp3) is 0.312. The topological polar surface area (TPSA) is 57.0 Å². The number of furan rings is 1. The lowest BCUT2D eigenvalue weighted by molar-refractivity contribution is 0.487. The van der Waals surface area contributed by atoms with E-state index < -0.39 is 0 Å². The van der Waals surface area contributed by atoms with Crippen molar-refractivity contribution in [2.75, 3.05) is 5.73 Å². The summed E-state index contributed by atoms with van der Waals surface area (Å²) in [5.74, 6) is 1.35. The number of nitrogens with zero attached hydrogens (tertiary/aromatic N) is 2. The summed E-state index contributed by atoms with van der Waals surface area (Å²) in [6.07, 6.45) is 2.95. The van der Waals surface area contributed by atoms with Crippen molar-refractivity contribution >= 4 is 32.6 Å². The van der Waals surface area contributed by atoms with E-state index in [2.05, 4.69) is 34.9 Å². The third-order valence-electron chi connectivity index (χ3n) is 3.44. The smallest absolute Gasteiger partial charge is 0.157 e. The zero-order valence-corrected chi connectivity index (χ0v) is 13.7. The highest BCUT2D eigenvalue weighted by Crippen LogP contribution is 2.31. The molecule has 0 saturated heterocycles. The molecule has 0 unspecified atom stereocenters. The van der Waals surface area contributed by atoms with Crippen LogP contribution in [0.3, 0.4) is 0 Å². The normalized spacial score (nSPS) is 11.6. The second kappa shape index (κ2) is 5.56. The van der Waals surface area contributed by atoms with E-state index in [1.165, 1.54) is 0 Å². The maximum Gasteiger partial charge on any atom is 0.157 e. The van der Waals surface area contributed by atoms with Crippen LogP contribution in [-0.2, 0) is 6.54 Å². The summed E-state index contributed by atoms with van der Waals surface area (Å²) in [4.78, 5) is 0. The molecular formula is C16H18BrN3O. The molecule has 0 spiro atoms. The van der Waals surface area contributed by atoms with Crippen molar-refractivity contribution in [2.24, 2.45) is 5.92 Å². The number of nitrogens with two attached hydrogens (primary N) is 1. The summed E-state index contributed by atoms with van der Waals surface area (Å²) in [7, 11) is 0. The largest absolute Gasteiger partial charge is 0.454 e. The maximum absolute atomic E-state index is 6.08. The van der Waals surface area contributed by atoms with Crippen LogP contribution in [0.15, 0.2) is 39.4 Å². The van der Waals surface area contributed by atoms with Crippen molar-refractivity contribution in [3.8, 4) is 11.5 Å². The highest BCUT2D eigenvalue weighted by molar-refractivity contribution is 9.10. The Morgan fingerprint density at radius 1 is 1.33 bits per heavy atom. The first-order valence-corrected chi connectivity index (χ1v) is 7.84. The van der Waals surface area contributed by atoms with E-state index in [0.29, 0.717) is 23.1 Å². The van der Waals surface area contributed by atoms with E-state index in [1.54, 1.807) is 0 Å². The average molecular weight is 348 g/mol. The van der Waals surface area contributed by atoms with Crippen LogP contribution in [0.4, 0.5) is 5.69 Å². The molecule has 0 fully saturated rings. The highest BCUT2D eigenvalue weighted by Gasteiger charge is 2.14. The van der Waals surface area contributed by atoms with Gasteiger partial charge >= 0.3 is 0 Å². The fourth-order valence-corrected chi connectivity index (χ4v) is 2.64. The molecule has 0 radical (unpaired) electrons. The van der Waals surface area contributed by atoms with Gasteiger partial charge in [0.1, 0.15) is 5.58 Å². The number of hydrogen-bond donors (Lipinski definition) is 1. The SMILES string of the molecule is CC(C)CCn1cc(N)c(-c2cc3cc(Br)ccc3o2)n1. The van der Waals surface area contributed by atoms with Crippen LogP contribution >= 0.6 is 15.9 Å².